The van der Waals surface area contributed by atoms with Gasteiger partial charge in [0.15, 0.2) is 0 Å². The topological polar surface area (TPSA) is 41.1 Å². The number of hydrogen-bond donors (Lipinski definition) is 2. The first kappa shape index (κ1) is 13.9. The molecule has 0 radical (unpaired) electrons. The van der Waals surface area contributed by atoms with Crippen LogP contribution in [-0.4, -0.2) is 18.5 Å². The lowest BCUT2D eigenvalue weighted by Gasteiger charge is -2.17. The first-order chi connectivity index (χ1) is 9.06. The van der Waals surface area contributed by atoms with Crippen molar-refractivity contribution in [3.8, 4) is 0 Å². The van der Waals surface area contributed by atoms with E-state index in [1.54, 1.807) is 0 Å². The van der Waals surface area contributed by atoms with E-state index < -0.39 is 0 Å². The minimum Gasteiger partial charge on any atom is -0.382 e. The van der Waals surface area contributed by atoms with E-state index in [1.165, 1.54) is 12.8 Å². The third-order valence-corrected chi connectivity index (χ3v) is 3.95. The molecule has 0 saturated heterocycles. The van der Waals surface area contributed by atoms with Crippen LogP contribution in [-0.2, 0) is 0 Å². The summed E-state index contributed by atoms with van der Waals surface area (Å²) in [6.45, 7) is 7.15. The van der Waals surface area contributed by atoms with Crippen LogP contribution in [0, 0.1) is 5.41 Å². The van der Waals surface area contributed by atoms with Crippen molar-refractivity contribution < 1.29 is 4.79 Å². The van der Waals surface area contributed by atoms with E-state index in [0.29, 0.717) is 11.5 Å². The molecular weight excluding hydrogens is 236 g/mol. The summed E-state index contributed by atoms with van der Waals surface area (Å²) in [6, 6.07) is 8.02. The highest BCUT2D eigenvalue weighted by atomic mass is 16.1. The number of benzene rings is 1. The van der Waals surface area contributed by atoms with Gasteiger partial charge in [-0.1, -0.05) is 19.1 Å². The third kappa shape index (κ3) is 3.49. The Hall–Kier alpha value is -1.51. The lowest BCUT2D eigenvalue weighted by molar-refractivity contribution is 0.0945. The van der Waals surface area contributed by atoms with E-state index in [9.17, 15) is 4.79 Å². The quantitative estimate of drug-likeness (QED) is 0.822. The number of carbonyl (C=O) groups is 1. The van der Waals surface area contributed by atoms with E-state index in [2.05, 4.69) is 31.4 Å². The summed E-state index contributed by atoms with van der Waals surface area (Å²) in [5.41, 5.74) is 2.04. The molecule has 1 fully saturated rings. The number of carbonyl (C=O) groups excluding carboxylic acids is 1. The highest BCUT2D eigenvalue weighted by Gasteiger charge is 2.40. The van der Waals surface area contributed by atoms with Crippen LogP contribution in [0.1, 0.15) is 50.4 Å². The molecule has 1 aromatic carbocycles. The molecular formula is C16H24N2O. The van der Waals surface area contributed by atoms with Gasteiger partial charge in [-0.25, -0.2) is 0 Å². The number of hydrogen-bond acceptors (Lipinski definition) is 2. The molecule has 0 aliphatic heterocycles. The van der Waals surface area contributed by atoms with Crippen molar-refractivity contribution in [2.24, 2.45) is 5.41 Å². The minimum absolute atomic E-state index is 0.0310. The number of rotatable bonds is 6. The van der Waals surface area contributed by atoms with Gasteiger partial charge in [-0.2, -0.15) is 0 Å². The van der Waals surface area contributed by atoms with Crippen molar-refractivity contribution in [1.29, 1.82) is 0 Å². The molecule has 1 amide bonds. The van der Waals surface area contributed by atoms with Crippen LogP contribution in [0.15, 0.2) is 24.3 Å². The Kier molecular flexibility index (Phi) is 4.13. The summed E-state index contributed by atoms with van der Waals surface area (Å²) in [4.78, 5) is 12.3. The molecule has 0 spiro atoms. The van der Waals surface area contributed by atoms with Crippen LogP contribution in [0.5, 0.6) is 0 Å². The molecule has 104 valence electrons. The second-order valence-corrected chi connectivity index (χ2v) is 5.88. The fourth-order valence-electron chi connectivity index (χ4n) is 2.31. The Balaban J connectivity index is 2.02. The lowest BCUT2D eigenvalue weighted by Crippen LogP contribution is -2.30. The molecule has 3 nitrogen and oxygen atoms in total. The SMILES string of the molecule is CCC1(CNC(=O)c2ccccc2NC(C)C)CC1. The number of anilines is 1. The first-order valence-electron chi connectivity index (χ1n) is 7.20. The van der Waals surface area contributed by atoms with Crippen molar-refractivity contribution in [2.45, 2.75) is 46.1 Å². The van der Waals surface area contributed by atoms with E-state index in [0.717, 1.165) is 24.2 Å². The summed E-state index contributed by atoms with van der Waals surface area (Å²) in [5, 5.41) is 6.41. The smallest absolute Gasteiger partial charge is 0.253 e. The van der Waals surface area contributed by atoms with Crippen molar-refractivity contribution >= 4 is 11.6 Å². The van der Waals surface area contributed by atoms with Crippen LogP contribution in [0.2, 0.25) is 0 Å². The van der Waals surface area contributed by atoms with Crippen LogP contribution < -0.4 is 10.6 Å². The highest BCUT2D eigenvalue weighted by molar-refractivity contribution is 5.99. The van der Waals surface area contributed by atoms with Gasteiger partial charge in [0.05, 0.1) is 5.56 Å². The van der Waals surface area contributed by atoms with Crippen molar-refractivity contribution in [3.63, 3.8) is 0 Å². The monoisotopic (exact) mass is 260 g/mol. The minimum atomic E-state index is 0.0310. The normalized spacial score (nSPS) is 16.2. The largest absolute Gasteiger partial charge is 0.382 e. The molecule has 0 bridgehead atoms. The van der Waals surface area contributed by atoms with E-state index in [1.807, 2.05) is 24.3 Å². The van der Waals surface area contributed by atoms with Gasteiger partial charge in [0.1, 0.15) is 0 Å². The predicted octanol–water partition coefficient (Wildman–Crippen LogP) is 3.43. The zero-order valence-electron chi connectivity index (χ0n) is 12.1. The second kappa shape index (κ2) is 5.64. The summed E-state index contributed by atoms with van der Waals surface area (Å²) >= 11 is 0. The van der Waals surface area contributed by atoms with Crippen molar-refractivity contribution in [1.82, 2.24) is 5.32 Å². The zero-order valence-corrected chi connectivity index (χ0v) is 12.1. The Morgan fingerprint density at radius 2 is 2.00 bits per heavy atom. The zero-order chi connectivity index (χ0) is 13.9. The van der Waals surface area contributed by atoms with Crippen molar-refractivity contribution in [2.75, 3.05) is 11.9 Å². The summed E-state index contributed by atoms with van der Waals surface area (Å²) in [7, 11) is 0. The van der Waals surface area contributed by atoms with Crippen LogP contribution in [0.25, 0.3) is 0 Å². The molecule has 0 unspecified atom stereocenters. The maximum atomic E-state index is 12.3. The van der Waals surface area contributed by atoms with Gasteiger partial charge < -0.3 is 10.6 Å². The maximum Gasteiger partial charge on any atom is 0.253 e. The molecule has 19 heavy (non-hydrogen) atoms. The predicted molar refractivity (Wildman–Crippen MR) is 79.5 cm³/mol. The van der Waals surface area contributed by atoms with Gasteiger partial charge in [0, 0.05) is 18.3 Å². The maximum absolute atomic E-state index is 12.3. The van der Waals surface area contributed by atoms with E-state index >= 15 is 0 Å². The van der Waals surface area contributed by atoms with Gasteiger partial charge in [-0.15, -0.1) is 0 Å². The van der Waals surface area contributed by atoms with Gasteiger partial charge in [-0.3, -0.25) is 4.79 Å². The molecule has 0 heterocycles. The van der Waals surface area contributed by atoms with Gasteiger partial charge >= 0.3 is 0 Å². The molecule has 3 heteroatoms. The van der Waals surface area contributed by atoms with Gasteiger partial charge in [-0.05, 0) is 50.7 Å². The highest BCUT2D eigenvalue weighted by Crippen LogP contribution is 2.47. The van der Waals surface area contributed by atoms with Crippen LogP contribution in [0.3, 0.4) is 0 Å². The fraction of sp³-hybridized carbons (Fsp3) is 0.562. The summed E-state index contributed by atoms with van der Waals surface area (Å²) in [6.07, 6.45) is 3.64. The average Bonchev–Trinajstić information content (AvgIpc) is 3.17. The van der Waals surface area contributed by atoms with Crippen LogP contribution in [0.4, 0.5) is 5.69 Å². The summed E-state index contributed by atoms with van der Waals surface area (Å²) in [5.74, 6) is 0.0310. The van der Waals surface area contributed by atoms with Crippen LogP contribution >= 0.6 is 0 Å². The Morgan fingerprint density at radius 1 is 1.32 bits per heavy atom. The third-order valence-electron chi connectivity index (χ3n) is 3.95. The second-order valence-electron chi connectivity index (χ2n) is 5.88. The molecule has 2 N–H and O–H groups in total. The number of amides is 1. The Bertz CT molecular complexity index is 450. The Morgan fingerprint density at radius 3 is 2.58 bits per heavy atom. The van der Waals surface area contributed by atoms with E-state index in [-0.39, 0.29) is 5.91 Å². The fourth-order valence-corrected chi connectivity index (χ4v) is 2.31. The first-order valence-corrected chi connectivity index (χ1v) is 7.20. The standard InChI is InChI=1S/C16H24N2O/c1-4-16(9-10-16)11-17-15(19)13-7-5-6-8-14(13)18-12(2)3/h5-8,12,18H,4,9-11H2,1-3H3,(H,17,19). The van der Waals surface area contributed by atoms with Gasteiger partial charge in [0.2, 0.25) is 0 Å². The molecule has 1 saturated carbocycles. The summed E-state index contributed by atoms with van der Waals surface area (Å²) < 4.78 is 0. The van der Waals surface area contributed by atoms with Crippen molar-refractivity contribution in [3.05, 3.63) is 29.8 Å². The molecule has 2 rings (SSSR count). The molecule has 0 aromatic heterocycles. The number of para-hydroxylation sites is 1. The lowest BCUT2D eigenvalue weighted by atomic mass is 10.0. The Labute approximate surface area is 115 Å². The van der Waals surface area contributed by atoms with Gasteiger partial charge in [0.25, 0.3) is 5.91 Å². The van der Waals surface area contributed by atoms with E-state index in [4.69, 9.17) is 0 Å². The average molecular weight is 260 g/mol. The molecule has 1 aromatic rings. The molecule has 1 aliphatic carbocycles. The number of nitrogens with one attached hydrogen (secondary N) is 2. The molecule has 0 atom stereocenters. The molecule has 1 aliphatic rings.